The number of alkyl halides is 2. The smallest absolute Gasteiger partial charge is 0.387 e. The van der Waals surface area contributed by atoms with Crippen LogP contribution in [0.5, 0.6) is 5.75 Å². The Morgan fingerprint density at radius 2 is 1.50 bits per heavy atom. The molecule has 3 aromatic carbocycles. The zero-order valence-corrected chi connectivity index (χ0v) is 27.5. The van der Waals surface area contributed by atoms with E-state index in [1.165, 1.54) is 47.4 Å². The SMILES string of the molecule is O=C(N[C@H](/C=C/S(=O)(=O)c1ccccc1)CCc1ccccc1)[C@H](CS(=O)(=O)Cc1ccccc1OC(F)F)NC(=O)N1CCOCC1. The van der Waals surface area contributed by atoms with Gasteiger partial charge in [-0.25, -0.2) is 21.6 Å². The second-order valence-corrected chi connectivity index (χ2v) is 14.9. The second kappa shape index (κ2) is 17.2. The molecule has 4 rings (SSSR count). The van der Waals surface area contributed by atoms with Crippen LogP contribution >= 0.6 is 0 Å². The van der Waals surface area contributed by atoms with Crippen LogP contribution in [0.3, 0.4) is 0 Å². The highest BCUT2D eigenvalue weighted by Crippen LogP contribution is 2.23. The number of carbonyl (C=O) groups excluding carboxylic acids is 2. The molecule has 0 radical (unpaired) electrons. The van der Waals surface area contributed by atoms with Crippen molar-refractivity contribution in [1.82, 2.24) is 15.5 Å². The molecular weight excluding hydrogens is 669 g/mol. The molecule has 2 N–H and O–H groups in total. The molecule has 1 saturated heterocycles. The van der Waals surface area contributed by atoms with Gasteiger partial charge in [-0.2, -0.15) is 8.78 Å². The van der Waals surface area contributed by atoms with E-state index in [1.807, 2.05) is 30.3 Å². The van der Waals surface area contributed by atoms with Crippen molar-refractivity contribution in [3.8, 4) is 5.75 Å². The van der Waals surface area contributed by atoms with Gasteiger partial charge in [-0.05, 0) is 36.6 Å². The maximum absolute atomic E-state index is 13.8. The van der Waals surface area contributed by atoms with Crippen LogP contribution in [0.25, 0.3) is 0 Å². The van der Waals surface area contributed by atoms with Gasteiger partial charge in [0.2, 0.25) is 5.91 Å². The summed E-state index contributed by atoms with van der Waals surface area (Å²) >= 11 is 0. The highest BCUT2D eigenvalue weighted by atomic mass is 32.2. The van der Waals surface area contributed by atoms with E-state index in [2.05, 4.69) is 15.4 Å². The van der Waals surface area contributed by atoms with Gasteiger partial charge in [0.25, 0.3) is 0 Å². The van der Waals surface area contributed by atoms with Crippen LogP contribution in [0, 0.1) is 0 Å². The molecular formula is C33H37F2N3O8S2. The number of morpholine rings is 1. The molecule has 3 amide bonds. The number of hydrogen-bond acceptors (Lipinski definition) is 8. The average Bonchev–Trinajstić information content (AvgIpc) is 3.07. The molecule has 2 atom stereocenters. The summed E-state index contributed by atoms with van der Waals surface area (Å²) in [5.74, 6) is -2.84. The largest absolute Gasteiger partial charge is 0.435 e. The van der Waals surface area contributed by atoms with E-state index >= 15 is 0 Å². The molecule has 0 unspecified atom stereocenters. The van der Waals surface area contributed by atoms with Crippen LogP contribution in [0.15, 0.2) is 101 Å². The Bertz CT molecular complexity index is 1750. The third kappa shape index (κ3) is 11.4. The average molecular weight is 706 g/mol. The van der Waals surface area contributed by atoms with E-state index in [4.69, 9.17) is 4.74 Å². The van der Waals surface area contributed by atoms with Crippen LogP contribution in [-0.2, 0) is 41.4 Å². The number of urea groups is 1. The molecule has 1 fully saturated rings. The first kappa shape index (κ1) is 36.5. The number of carbonyl (C=O) groups is 2. The highest BCUT2D eigenvalue weighted by Gasteiger charge is 2.31. The fourth-order valence-corrected chi connectivity index (χ4v) is 7.59. The van der Waals surface area contributed by atoms with Gasteiger partial charge < -0.3 is 25.0 Å². The lowest BCUT2D eigenvalue weighted by Gasteiger charge is -2.29. The number of halogens is 2. The molecule has 1 heterocycles. The number of benzene rings is 3. The van der Waals surface area contributed by atoms with Gasteiger partial charge >= 0.3 is 12.6 Å². The van der Waals surface area contributed by atoms with Crippen molar-refractivity contribution in [3.63, 3.8) is 0 Å². The number of nitrogens with zero attached hydrogens (tertiary/aromatic N) is 1. The van der Waals surface area contributed by atoms with Crippen molar-refractivity contribution in [1.29, 1.82) is 0 Å². The molecule has 0 aromatic heterocycles. The number of nitrogens with one attached hydrogen (secondary N) is 2. The maximum Gasteiger partial charge on any atom is 0.387 e. The van der Waals surface area contributed by atoms with Crippen LogP contribution < -0.4 is 15.4 Å². The van der Waals surface area contributed by atoms with Gasteiger partial charge in [-0.1, -0.05) is 72.8 Å². The summed E-state index contributed by atoms with van der Waals surface area (Å²) in [6.45, 7) is -2.25. The summed E-state index contributed by atoms with van der Waals surface area (Å²) in [7, 11) is -8.12. The van der Waals surface area contributed by atoms with Crippen molar-refractivity contribution in [2.75, 3.05) is 32.1 Å². The summed E-state index contributed by atoms with van der Waals surface area (Å²) in [4.78, 5) is 28.3. The summed E-state index contributed by atoms with van der Waals surface area (Å²) < 4.78 is 88.5. The van der Waals surface area contributed by atoms with Gasteiger partial charge in [0.15, 0.2) is 19.7 Å². The topological polar surface area (TPSA) is 148 Å². The summed E-state index contributed by atoms with van der Waals surface area (Å²) in [5, 5.41) is 6.19. The molecule has 11 nitrogen and oxygen atoms in total. The van der Waals surface area contributed by atoms with Crippen molar-refractivity contribution in [2.24, 2.45) is 0 Å². The quantitative estimate of drug-likeness (QED) is 0.243. The third-order valence-electron chi connectivity index (χ3n) is 7.37. The minimum atomic E-state index is -4.23. The van der Waals surface area contributed by atoms with E-state index in [0.717, 1.165) is 11.0 Å². The minimum absolute atomic E-state index is 0.0484. The summed E-state index contributed by atoms with van der Waals surface area (Å²) in [6, 6.07) is 19.2. The zero-order chi connectivity index (χ0) is 34.6. The third-order valence-corrected chi connectivity index (χ3v) is 10.4. The van der Waals surface area contributed by atoms with Gasteiger partial charge in [-0.15, -0.1) is 0 Å². The van der Waals surface area contributed by atoms with E-state index in [0.29, 0.717) is 6.42 Å². The number of aryl methyl sites for hydroxylation is 1. The molecule has 48 heavy (non-hydrogen) atoms. The Kier molecular flexibility index (Phi) is 13.1. The van der Waals surface area contributed by atoms with Crippen molar-refractivity contribution < 1.29 is 44.7 Å². The molecule has 0 spiro atoms. The van der Waals surface area contributed by atoms with Crippen molar-refractivity contribution in [2.45, 2.75) is 42.2 Å². The van der Waals surface area contributed by atoms with Crippen molar-refractivity contribution >= 4 is 31.6 Å². The lowest BCUT2D eigenvalue weighted by atomic mass is 10.0. The maximum atomic E-state index is 13.8. The molecule has 0 bridgehead atoms. The Labute approximate surface area is 278 Å². The normalized spacial score (nSPS) is 15.2. The fourth-order valence-electron chi connectivity index (χ4n) is 4.93. The number of sulfone groups is 2. The Morgan fingerprint density at radius 1 is 0.875 bits per heavy atom. The zero-order valence-electron chi connectivity index (χ0n) is 25.9. The first-order valence-corrected chi connectivity index (χ1v) is 18.5. The van der Waals surface area contributed by atoms with Gasteiger partial charge in [0.1, 0.15) is 11.8 Å². The summed E-state index contributed by atoms with van der Waals surface area (Å²) in [6.07, 6.45) is 1.99. The standard InChI is InChI=1S/C33H37F2N3O8S2/c34-32(35)46-30-14-8-7-11-26(30)23-47(41,42)24-29(37-33(40)38-18-20-45-21-19-38)31(39)36-27(16-15-25-9-3-1-4-10-25)17-22-48(43,44)28-12-5-2-6-13-28/h1-14,17,22,27,29,32H,15-16,18-21,23-24H2,(H,36,39)(H,37,40)/b22-17+/t27-,29-/m0/s1. The van der Waals surface area contributed by atoms with E-state index < -0.39 is 61.8 Å². The molecule has 1 aliphatic heterocycles. The molecule has 15 heteroatoms. The van der Waals surface area contributed by atoms with Crippen LogP contribution in [0.1, 0.15) is 17.5 Å². The fraction of sp³-hybridized carbons (Fsp3) is 0.333. The minimum Gasteiger partial charge on any atom is -0.435 e. The predicted octanol–water partition coefficient (Wildman–Crippen LogP) is 3.72. The van der Waals surface area contributed by atoms with Crippen LogP contribution in [0.2, 0.25) is 0 Å². The lowest BCUT2D eigenvalue weighted by Crippen LogP contribution is -2.56. The number of hydrogen-bond donors (Lipinski definition) is 2. The van der Waals surface area contributed by atoms with Crippen LogP contribution in [0.4, 0.5) is 13.6 Å². The van der Waals surface area contributed by atoms with Crippen molar-refractivity contribution in [3.05, 3.63) is 108 Å². The predicted molar refractivity (Wildman–Crippen MR) is 175 cm³/mol. The van der Waals surface area contributed by atoms with E-state index in [9.17, 15) is 35.2 Å². The van der Waals surface area contributed by atoms with E-state index in [-0.39, 0.29) is 48.9 Å². The molecule has 258 valence electrons. The first-order valence-electron chi connectivity index (χ1n) is 15.1. The number of amides is 3. The van der Waals surface area contributed by atoms with Gasteiger partial charge in [-0.3, -0.25) is 4.79 Å². The number of para-hydroxylation sites is 1. The Balaban J connectivity index is 1.59. The van der Waals surface area contributed by atoms with Crippen LogP contribution in [-0.4, -0.2) is 84.4 Å². The number of ether oxygens (including phenoxy) is 2. The monoisotopic (exact) mass is 705 g/mol. The number of rotatable bonds is 15. The molecule has 0 saturated carbocycles. The Hall–Kier alpha value is -4.34. The Morgan fingerprint density at radius 3 is 2.17 bits per heavy atom. The van der Waals surface area contributed by atoms with Gasteiger partial charge in [0, 0.05) is 30.1 Å². The van der Waals surface area contributed by atoms with Gasteiger partial charge in [0.05, 0.1) is 29.6 Å². The lowest BCUT2D eigenvalue weighted by molar-refractivity contribution is -0.123. The molecule has 3 aromatic rings. The highest BCUT2D eigenvalue weighted by molar-refractivity contribution is 7.94. The summed E-state index contributed by atoms with van der Waals surface area (Å²) in [5.41, 5.74) is 0.867. The van der Waals surface area contributed by atoms with E-state index in [1.54, 1.807) is 18.2 Å². The second-order valence-electron chi connectivity index (χ2n) is 11.0. The molecule has 0 aliphatic carbocycles. The molecule has 1 aliphatic rings. The first-order chi connectivity index (χ1) is 22.9.